The first-order chi connectivity index (χ1) is 14.3. The SMILES string of the molecule is CC(C)(C)c1noc(CCCC(=O)NC2CCN(C(=O)NC3CCCCC3)CC2)n1. The van der Waals surface area contributed by atoms with E-state index in [1.807, 2.05) is 25.7 Å². The van der Waals surface area contributed by atoms with Crippen LogP contribution in [0.1, 0.15) is 90.3 Å². The van der Waals surface area contributed by atoms with Gasteiger partial charge in [-0.1, -0.05) is 45.2 Å². The molecule has 8 heteroatoms. The average molecular weight is 420 g/mol. The summed E-state index contributed by atoms with van der Waals surface area (Å²) in [7, 11) is 0. The Kier molecular flexibility index (Phi) is 7.72. The zero-order valence-electron chi connectivity index (χ0n) is 18.7. The van der Waals surface area contributed by atoms with Crippen LogP contribution >= 0.6 is 0 Å². The lowest BCUT2D eigenvalue weighted by Crippen LogP contribution is -2.51. The van der Waals surface area contributed by atoms with Gasteiger partial charge < -0.3 is 20.1 Å². The maximum absolute atomic E-state index is 12.4. The van der Waals surface area contributed by atoms with Gasteiger partial charge in [-0.2, -0.15) is 4.98 Å². The highest BCUT2D eigenvalue weighted by Gasteiger charge is 2.26. The zero-order chi connectivity index (χ0) is 21.6. The average Bonchev–Trinajstić information content (AvgIpc) is 3.19. The number of nitrogens with one attached hydrogen (secondary N) is 2. The van der Waals surface area contributed by atoms with Crippen molar-refractivity contribution in [2.75, 3.05) is 13.1 Å². The molecule has 2 N–H and O–H groups in total. The topological polar surface area (TPSA) is 100 Å². The van der Waals surface area contributed by atoms with Crippen molar-refractivity contribution in [1.29, 1.82) is 0 Å². The lowest BCUT2D eigenvalue weighted by atomic mass is 9.95. The molecule has 0 bridgehead atoms. The lowest BCUT2D eigenvalue weighted by Gasteiger charge is -2.34. The van der Waals surface area contributed by atoms with Crippen molar-refractivity contribution in [3.63, 3.8) is 0 Å². The van der Waals surface area contributed by atoms with Crippen molar-refractivity contribution >= 4 is 11.9 Å². The smallest absolute Gasteiger partial charge is 0.317 e. The summed E-state index contributed by atoms with van der Waals surface area (Å²) in [5, 5.41) is 10.3. The molecule has 3 amide bonds. The van der Waals surface area contributed by atoms with Gasteiger partial charge in [0.2, 0.25) is 11.8 Å². The van der Waals surface area contributed by atoms with E-state index in [4.69, 9.17) is 4.52 Å². The Morgan fingerprint density at radius 2 is 1.70 bits per heavy atom. The van der Waals surface area contributed by atoms with E-state index in [9.17, 15) is 9.59 Å². The monoisotopic (exact) mass is 419 g/mol. The molecule has 0 radical (unpaired) electrons. The predicted octanol–water partition coefficient (Wildman–Crippen LogP) is 3.31. The second-order valence-corrected chi connectivity index (χ2v) is 9.73. The Balaban J connectivity index is 1.31. The number of likely N-dealkylation sites (tertiary alicyclic amines) is 1. The Morgan fingerprint density at radius 1 is 1.03 bits per heavy atom. The molecule has 2 heterocycles. The molecule has 1 saturated carbocycles. The molecule has 168 valence electrons. The number of aromatic nitrogens is 2. The summed E-state index contributed by atoms with van der Waals surface area (Å²) in [6.07, 6.45) is 9.24. The summed E-state index contributed by atoms with van der Waals surface area (Å²) in [6, 6.07) is 0.537. The van der Waals surface area contributed by atoms with Gasteiger partial charge in [-0.15, -0.1) is 0 Å². The highest BCUT2D eigenvalue weighted by atomic mass is 16.5. The van der Waals surface area contributed by atoms with Gasteiger partial charge in [0.25, 0.3) is 0 Å². The van der Waals surface area contributed by atoms with E-state index in [0.29, 0.717) is 50.1 Å². The van der Waals surface area contributed by atoms with Crippen molar-refractivity contribution in [3.05, 3.63) is 11.7 Å². The van der Waals surface area contributed by atoms with Crippen LogP contribution in [0.15, 0.2) is 4.52 Å². The van der Waals surface area contributed by atoms with Crippen molar-refractivity contribution in [2.45, 2.75) is 102 Å². The number of urea groups is 1. The molecule has 1 aromatic rings. The molecule has 3 rings (SSSR count). The fraction of sp³-hybridized carbons (Fsp3) is 0.818. The van der Waals surface area contributed by atoms with E-state index >= 15 is 0 Å². The van der Waals surface area contributed by atoms with Crippen molar-refractivity contribution in [2.24, 2.45) is 0 Å². The van der Waals surface area contributed by atoms with Gasteiger partial charge in [0, 0.05) is 43.4 Å². The number of aryl methyl sites for hydroxylation is 1. The van der Waals surface area contributed by atoms with Crippen molar-refractivity contribution in [3.8, 4) is 0 Å². The predicted molar refractivity (Wildman–Crippen MR) is 114 cm³/mol. The van der Waals surface area contributed by atoms with Gasteiger partial charge in [0.05, 0.1) is 0 Å². The molecule has 1 aliphatic carbocycles. The molecular formula is C22H37N5O3. The zero-order valence-corrected chi connectivity index (χ0v) is 18.7. The molecule has 30 heavy (non-hydrogen) atoms. The number of piperidine rings is 1. The molecule has 2 fully saturated rings. The Labute approximate surface area is 179 Å². The Morgan fingerprint density at radius 3 is 2.33 bits per heavy atom. The van der Waals surface area contributed by atoms with Gasteiger partial charge >= 0.3 is 6.03 Å². The Bertz CT molecular complexity index is 698. The summed E-state index contributed by atoms with van der Waals surface area (Å²) in [5.74, 6) is 1.34. The summed E-state index contributed by atoms with van der Waals surface area (Å²) in [5.41, 5.74) is -0.138. The van der Waals surface area contributed by atoms with Crippen LogP contribution in [-0.4, -0.2) is 52.2 Å². The summed E-state index contributed by atoms with van der Waals surface area (Å²) in [4.78, 5) is 31.0. The number of hydrogen-bond donors (Lipinski definition) is 2. The summed E-state index contributed by atoms with van der Waals surface area (Å²) < 4.78 is 5.28. The van der Waals surface area contributed by atoms with E-state index in [2.05, 4.69) is 20.8 Å². The molecular weight excluding hydrogens is 382 g/mol. The van der Waals surface area contributed by atoms with Crippen LogP contribution in [0.5, 0.6) is 0 Å². The number of nitrogens with zero attached hydrogens (tertiary/aromatic N) is 3. The first-order valence-electron chi connectivity index (χ1n) is 11.5. The number of carbonyl (C=O) groups excluding carboxylic acids is 2. The number of rotatable bonds is 6. The fourth-order valence-electron chi connectivity index (χ4n) is 4.10. The van der Waals surface area contributed by atoms with E-state index < -0.39 is 0 Å². The standard InChI is InChI=1S/C22H37N5O3/c1-22(2,3)20-25-19(30-26-20)11-7-10-18(28)23-17-12-14-27(15-13-17)21(29)24-16-8-5-4-6-9-16/h16-17H,4-15H2,1-3H3,(H,23,28)(H,24,29). The number of amides is 3. The van der Waals surface area contributed by atoms with Gasteiger partial charge in [0.1, 0.15) is 0 Å². The lowest BCUT2D eigenvalue weighted by molar-refractivity contribution is -0.122. The molecule has 1 aliphatic heterocycles. The van der Waals surface area contributed by atoms with Gasteiger partial charge in [0.15, 0.2) is 5.82 Å². The normalized spacial score (nSPS) is 19.0. The highest BCUT2D eigenvalue weighted by molar-refractivity contribution is 5.76. The molecule has 0 aromatic carbocycles. The van der Waals surface area contributed by atoms with E-state index in [0.717, 1.165) is 25.7 Å². The molecule has 0 spiro atoms. The molecule has 0 atom stereocenters. The first kappa shape index (κ1) is 22.6. The van der Waals surface area contributed by atoms with Gasteiger partial charge in [-0.05, 0) is 32.1 Å². The maximum Gasteiger partial charge on any atom is 0.317 e. The third-order valence-electron chi connectivity index (χ3n) is 6.01. The minimum atomic E-state index is -0.138. The van der Waals surface area contributed by atoms with Gasteiger partial charge in [-0.25, -0.2) is 4.79 Å². The third kappa shape index (κ3) is 6.71. The number of carbonyl (C=O) groups is 2. The highest BCUT2D eigenvalue weighted by Crippen LogP contribution is 2.20. The third-order valence-corrected chi connectivity index (χ3v) is 6.01. The molecule has 2 aliphatic rings. The second kappa shape index (κ2) is 10.3. The largest absolute Gasteiger partial charge is 0.353 e. The minimum Gasteiger partial charge on any atom is -0.353 e. The second-order valence-electron chi connectivity index (χ2n) is 9.73. The molecule has 0 unspecified atom stereocenters. The maximum atomic E-state index is 12.4. The molecule has 1 saturated heterocycles. The van der Waals surface area contributed by atoms with E-state index in [1.165, 1.54) is 19.3 Å². The minimum absolute atomic E-state index is 0.0515. The van der Waals surface area contributed by atoms with Crippen LogP contribution in [0.25, 0.3) is 0 Å². The number of hydrogen-bond acceptors (Lipinski definition) is 5. The molecule has 1 aromatic heterocycles. The van der Waals surface area contributed by atoms with Crippen LogP contribution in [0, 0.1) is 0 Å². The van der Waals surface area contributed by atoms with Crippen LogP contribution < -0.4 is 10.6 Å². The Hall–Kier alpha value is -2.12. The summed E-state index contributed by atoms with van der Waals surface area (Å²) in [6.45, 7) is 7.52. The fourth-order valence-corrected chi connectivity index (χ4v) is 4.10. The quantitative estimate of drug-likeness (QED) is 0.737. The van der Waals surface area contributed by atoms with Crippen LogP contribution in [0.3, 0.4) is 0 Å². The first-order valence-corrected chi connectivity index (χ1v) is 11.5. The molecule has 8 nitrogen and oxygen atoms in total. The van der Waals surface area contributed by atoms with Crippen LogP contribution in [0.4, 0.5) is 4.79 Å². The van der Waals surface area contributed by atoms with E-state index in [1.54, 1.807) is 0 Å². The summed E-state index contributed by atoms with van der Waals surface area (Å²) >= 11 is 0. The van der Waals surface area contributed by atoms with E-state index in [-0.39, 0.29) is 23.4 Å². The van der Waals surface area contributed by atoms with Crippen molar-refractivity contribution < 1.29 is 14.1 Å². The van der Waals surface area contributed by atoms with Crippen LogP contribution in [0.2, 0.25) is 0 Å². The van der Waals surface area contributed by atoms with Crippen molar-refractivity contribution in [1.82, 2.24) is 25.7 Å². The van der Waals surface area contributed by atoms with Gasteiger partial charge in [-0.3, -0.25) is 4.79 Å². The van der Waals surface area contributed by atoms with Crippen LogP contribution in [-0.2, 0) is 16.6 Å².